The lowest BCUT2D eigenvalue weighted by molar-refractivity contribution is -0.130. The van der Waals surface area contributed by atoms with E-state index in [1.807, 2.05) is 46.7 Å². The van der Waals surface area contributed by atoms with E-state index in [-0.39, 0.29) is 18.4 Å². The molecule has 1 aliphatic heterocycles. The highest BCUT2D eigenvalue weighted by molar-refractivity contribution is 7.12. The van der Waals surface area contributed by atoms with E-state index in [1.54, 1.807) is 12.0 Å². The third kappa shape index (κ3) is 4.11. The Morgan fingerprint density at radius 1 is 1.08 bits per heavy atom. The normalized spacial score (nSPS) is 14.3. The van der Waals surface area contributed by atoms with Gasteiger partial charge in [-0.3, -0.25) is 9.59 Å². The second-order valence-corrected chi connectivity index (χ2v) is 6.65. The van der Waals surface area contributed by atoms with E-state index >= 15 is 0 Å². The van der Waals surface area contributed by atoms with Gasteiger partial charge in [0.2, 0.25) is 5.91 Å². The van der Waals surface area contributed by atoms with Crippen molar-refractivity contribution in [1.29, 1.82) is 0 Å². The second kappa shape index (κ2) is 8.02. The molecule has 1 N–H and O–H groups in total. The van der Waals surface area contributed by atoms with Crippen LogP contribution in [-0.4, -0.2) is 61.4 Å². The number of nitrogens with one attached hydrogen (secondary N) is 1. The van der Waals surface area contributed by atoms with Crippen LogP contribution in [0.25, 0.3) is 0 Å². The molecule has 0 unspecified atom stereocenters. The molecule has 0 bridgehead atoms. The first-order valence-corrected chi connectivity index (χ1v) is 9.04. The molecule has 25 heavy (non-hydrogen) atoms. The van der Waals surface area contributed by atoms with Crippen LogP contribution in [0.15, 0.2) is 41.8 Å². The number of piperazine rings is 1. The number of anilines is 1. The summed E-state index contributed by atoms with van der Waals surface area (Å²) >= 11 is 1.45. The van der Waals surface area contributed by atoms with Crippen molar-refractivity contribution >= 4 is 28.8 Å². The Morgan fingerprint density at radius 2 is 1.80 bits per heavy atom. The van der Waals surface area contributed by atoms with E-state index in [4.69, 9.17) is 4.74 Å². The zero-order valence-electron chi connectivity index (χ0n) is 14.1. The van der Waals surface area contributed by atoms with Crippen LogP contribution in [0.5, 0.6) is 5.75 Å². The number of hydrogen-bond donors (Lipinski definition) is 1. The third-order valence-corrected chi connectivity index (χ3v) is 5.05. The van der Waals surface area contributed by atoms with Crippen molar-refractivity contribution in [3.8, 4) is 5.75 Å². The van der Waals surface area contributed by atoms with Crippen molar-refractivity contribution in [2.45, 2.75) is 0 Å². The van der Waals surface area contributed by atoms with Crippen molar-refractivity contribution in [2.24, 2.45) is 0 Å². The van der Waals surface area contributed by atoms with Gasteiger partial charge in [0.1, 0.15) is 5.75 Å². The van der Waals surface area contributed by atoms with Gasteiger partial charge in [0.25, 0.3) is 5.91 Å². The summed E-state index contributed by atoms with van der Waals surface area (Å²) < 4.78 is 5.27. The molecular weight excluding hydrogens is 338 g/mol. The second-order valence-electron chi connectivity index (χ2n) is 5.70. The molecule has 1 aromatic heterocycles. The van der Waals surface area contributed by atoms with Gasteiger partial charge in [0.05, 0.1) is 24.2 Å². The maximum absolute atomic E-state index is 12.4. The first kappa shape index (κ1) is 17.3. The minimum atomic E-state index is 0.0223. The quantitative estimate of drug-likeness (QED) is 0.889. The summed E-state index contributed by atoms with van der Waals surface area (Å²) in [4.78, 5) is 29.1. The lowest BCUT2D eigenvalue weighted by atomic mass is 10.2. The molecule has 2 aromatic rings. The van der Waals surface area contributed by atoms with Crippen molar-refractivity contribution in [3.05, 3.63) is 46.7 Å². The average molecular weight is 359 g/mol. The van der Waals surface area contributed by atoms with Crippen LogP contribution in [0.4, 0.5) is 5.69 Å². The maximum Gasteiger partial charge on any atom is 0.264 e. The number of carbonyl (C=O) groups is 2. The Morgan fingerprint density at radius 3 is 2.48 bits per heavy atom. The van der Waals surface area contributed by atoms with Crippen LogP contribution in [0.3, 0.4) is 0 Å². The van der Waals surface area contributed by atoms with Crippen molar-refractivity contribution in [3.63, 3.8) is 0 Å². The van der Waals surface area contributed by atoms with Crippen LogP contribution in [0.1, 0.15) is 9.67 Å². The van der Waals surface area contributed by atoms with Crippen LogP contribution < -0.4 is 10.1 Å². The summed E-state index contributed by atoms with van der Waals surface area (Å²) in [5.41, 5.74) is 0.796. The molecule has 0 aliphatic carbocycles. The van der Waals surface area contributed by atoms with E-state index in [0.29, 0.717) is 31.9 Å². The Labute approximate surface area is 151 Å². The third-order valence-electron chi connectivity index (χ3n) is 4.19. The SMILES string of the molecule is COc1ccccc1NCC(=O)N1CCN(C(=O)c2cccs2)CC1. The zero-order chi connectivity index (χ0) is 17.6. The summed E-state index contributed by atoms with van der Waals surface area (Å²) in [6, 6.07) is 11.2. The van der Waals surface area contributed by atoms with Gasteiger partial charge in [0, 0.05) is 26.2 Å². The van der Waals surface area contributed by atoms with Crippen LogP contribution in [-0.2, 0) is 4.79 Å². The fourth-order valence-electron chi connectivity index (χ4n) is 2.79. The first-order valence-electron chi connectivity index (χ1n) is 8.16. The van der Waals surface area contributed by atoms with Gasteiger partial charge in [-0.15, -0.1) is 11.3 Å². The number of hydrogen-bond acceptors (Lipinski definition) is 5. The van der Waals surface area contributed by atoms with E-state index in [2.05, 4.69) is 5.32 Å². The molecule has 0 saturated carbocycles. The van der Waals surface area contributed by atoms with Crippen molar-refractivity contribution < 1.29 is 14.3 Å². The first-order chi connectivity index (χ1) is 12.2. The minimum absolute atomic E-state index is 0.0223. The maximum atomic E-state index is 12.4. The predicted octanol–water partition coefficient (Wildman–Crippen LogP) is 2.15. The molecule has 1 aliphatic rings. The topological polar surface area (TPSA) is 61.9 Å². The fraction of sp³-hybridized carbons (Fsp3) is 0.333. The highest BCUT2D eigenvalue weighted by Crippen LogP contribution is 2.22. The molecule has 132 valence electrons. The molecule has 2 amide bonds. The average Bonchev–Trinajstić information content (AvgIpc) is 3.20. The summed E-state index contributed by atoms with van der Waals surface area (Å²) in [6.07, 6.45) is 0. The van der Waals surface area contributed by atoms with Crippen LogP contribution in [0, 0.1) is 0 Å². The van der Waals surface area contributed by atoms with Gasteiger partial charge in [-0.1, -0.05) is 18.2 Å². The molecule has 0 spiro atoms. The number of thiophene rings is 1. The highest BCUT2D eigenvalue weighted by atomic mass is 32.1. The van der Waals surface area contributed by atoms with Gasteiger partial charge in [0.15, 0.2) is 0 Å². The molecule has 0 atom stereocenters. The number of methoxy groups -OCH3 is 1. The molecule has 7 heteroatoms. The Hall–Kier alpha value is -2.54. The lowest BCUT2D eigenvalue weighted by Gasteiger charge is -2.34. The van der Waals surface area contributed by atoms with Gasteiger partial charge in [-0.2, -0.15) is 0 Å². The number of benzene rings is 1. The summed E-state index contributed by atoms with van der Waals surface area (Å²) in [7, 11) is 1.60. The van der Waals surface area contributed by atoms with Crippen LogP contribution >= 0.6 is 11.3 Å². The predicted molar refractivity (Wildman–Crippen MR) is 98.3 cm³/mol. The number of carbonyl (C=O) groups excluding carboxylic acids is 2. The van der Waals surface area contributed by atoms with Crippen molar-refractivity contribution in [1.82, 2.24) is 9.80 Å². The van der Waals surface area contributed by atoms with Gasteiger partial charge in [-0.05, 0) is 23.6 Å². The number of ether oxygens (including phenoxy) is 1. The van der Waals surface area contributed by atoms with E-state index in [1.165, 1.54) is 11.3 Å². The van der Waals surface area contributed by atoms with Gasteiger partial charge >= 0.3 is 0 Å². The smallest absolute Gasteiger partial charge is 0.264 e. The highest BCUT2D eigenvalue weighted by Gasteiger charge is 2.25. The molecule has 6 nitrogen and oxygen atoms in total. The van der Waals surface area contributed by atoms with E-state index < -0.39 is 0 Å². The monoisotopic (exact) mass is 359 g/mol. The van der Waals surface area contributed by atoms with Gasteiger partial charge < -0.3 is 19.9 Å². The number of rotatable bonds is 5. The zero-order valence-corrected chi connectivity index (χ0v) is 14.9. The summed E-state index contributed by atoms with van der Waals surface area (Å²) in [6.45, 7) is 2.46. The fourth-order valence-corrected chi connectivity index (χ4v) is 3.48. The van der Waals surface area contributed by atoms with E-state index in [0.717, 1.165) is 10.6 Å². The molecular formula is C18H21N3O3S. The largest absolute Gasteiger partial charge is 0.495 e. The van der Waals surface area contributed by atoms with Crippen LogP contribution in [0.2, 0.25) is 0 Å². The minimum Gasteiger partial charge on any atom is -0.495 e. The standard InChI is InChI=1S/C18H21N3O3S/c1-24-15-6-3-2-5-14(15)19-13-17(22)20-8-10-21(11-9-20)18(23)16-7-4-12-25-16/h2-7,12,19H,8-11,13H2,1H3. The number of para-hydroxylation sites is 2. The molecule has 1 fully saturated rings. The Bertz CT molecular complexity index is 725. The summed E-state index contributed by atoms with van der Waals surface area (Å²) in [5, 5.41) is 5.02. The van der Waals surface area contributed by atoms with E-state index in [9.17, 15) is 9.59 Å². The molecule has 0 radical (unpaired) electrons. The summed E-state index contributed by atoms with van der Waals surface area (Å²) in [5.74, 6) is 0.782. The molecule has 1 saturated heterocycles. The van der Waals surface area contributed by atoms with Crippen molar-refractivity contribution in [2.75, 3.05) is 45.2 Å². The number of amides is 2. The Balaban J connectivity index is 1.49. The molecule has 2 heterocycles. The van der Waals surface area contributed by atoms with Gasteiger partial charge in [-0.25, -0.2) is 0 Å². The Kier molecular flexibility index (Phi) is 5.55. The lowest BCUT2D eigenvalue weighted by Crippen LogP contribution is -2.51. The molecule has 3 rings (SSSR count). The number of nitrogens with zero attached hydrogens (tertiary/aromatic N) is 2. The molecule has 1 aromatic carbocycles.